The zero-order chi connectivity index (χ0) is 16.7. The van der Waals surface area contributed by atoms with Crippen LogP contribution in [0.3, 0.4) is 0 Å². The maximum Gasteiger partial charge on any atom is 0.265 e. The van der Waals surface area contributed by atoms with Crippen molar-refractivity contribution in [1.82, 2.24) is 14.8 Å². The second kappa shape index (κ2) is 5.60. The van der Waals surface area contributed by atoms with E-state index in [2.05, 4.69) is 14.8 Å². The summed E-state index contributed by atoms with van der Waals surface area (Å²) < 4.78 is 40.2. The van der Waals surface area contributed by atoms with Gasteiger partial charge in [-0.15, -0.1) is 0 Å². The van der Waals surface area contributed by atoms with Crippen LogP contribution in [0.4, 0.5) is 5.69 Å². The molecule has 1 N–H and O–H groups in total. The number of rotatable bonds is 4. The molecule has 3 heterocycles. The van der Waals surface area contributed by atoms with Crippen molar-refractivity contribution in [2.24, 2.45) is 0 Å². The normalized spacial score (nSPS) is 18.3. The lowest BCUT2D eigenvalue weighted by molar-refractivity contribution is 0.184. The van der Waals surface area contributed by atoms with Crippen LogP contribution in [0.1, 0.15) is 18.4 Å². The molecule has 1 unspecified atom stereocenters. The topological polar surface area (TPSA) is 99.2 Å². The van der Waals surface area contributed by atoms with Crippen molar-refractivity contribution in [3.05, 3.63) is 36.5 Å². The molecule has 9 heteroatoms. The first-order valence-corrected chi connectivity index (χ1v) is 9.02. The molecule has 4 rings (SSSR count). The summed E-state index contributed by atoms with van der Waals surface area (Å²) in [5.74, 6) is 0.478. The highest BCUT2D eigenvalue weighted by molar-refractivity contribution is 7.92. The minimum absolute atomic E-state index is 0.0792. The predicted octanol–water partition coefficient (Wildman–Crippen LogP) is 2.09. The standard InChI is InChI=1S/C15H16N4O4S/c1-10-17-15-13(3-2-4-14(15)23-10)18-24(20,21)12-7-16-19(8-12)11-5-6-22-9-11/h2-4,7-8,11,18H,5-6,9H2,1H3. The monoisotopic (exact) mass is 348 g/mol. The van der Waals surface area contributed by atoms with Crippen molar-refractivity contribution < 1.29 is 17.6 Å². The van der Waals surface area contributed by atoms with Crippen LogP contribution in [0.25, 0.3) is 11.1 Å². The Labute approximate surface area is 138 Å². The number of ether oxygens (including phenoxy) is 1. The molecule has 0 bridgehead atoms. The minimum atomic E-state index is -3.76. The maximum atomic E-state index is 12.6. The highest BCUT2D eigenvalue weighted by atomic mass is 32.2. The van der Waals surface area contributed by atoms with Crippen molar-refractivity contribution >= 4 is 26.8 Å². The molecule has 0 aliphatic carbocycles. The van der Waals surface area contributed by atoms with Gasteiger partial charge >= 0.3 is 0 Å². The van der Waals surface area contributed by atoms with Crippen molar-refractivity contribution in [3.63, 3.8) is 0 Å². The molecule has 0 amide bonds. The molecule has 24 heavy (non-hydrogen) atoms. The molecule has 0 spiro atoms. The van der Waals surface area contributed by atoms with E-state index < -0.39 is 10.0 Å². The fraction of sp³-hybridized carbons (Fsp3) is 0.333. The molecular formula is C15H16N4O4S. The number of oxazole rings is 1. The third-order valence-electron chi connectivity index (χ3n) is 3.94. The SMILES string of the molecule is Cc1nc2c(NS(=O)(=O)c3cnn(C4CCOC4)c3)cccc2o1. The van der Waals surface area contributed by atoms with Crippen molar-refractivity contribution in [2.45, 2.75) is 24.3 Å². The van der Waals surface area contributed by atoms with Gasteiger partial charge in [0.15, 0.2) is 11.5 Å². The summed E-state index contributed by atoms with van der Waals surface area (Å²) in [6.07, 6.45) is 3.69. The van der Waals surface area contributed by atoms with Gasteiger partial charge in [0.1, 0.15) is 10.4 Å². The van der Waals surface area contributed by atoms with Gasteiger partial charge in [-0.2, -0.15) is 5.10 Å². The molecule has 1 aromatic carbocycles. The number of nitrogens with zero attached hydrogens (tertiary/aromatic N) is 3. The summed E-state index contributed by atoms with van der Waals surface area (Å²) in [4.78, 5) is 4.33. The Morgan fingerprint density at radius 3 is 3.04 bits per heavy atom. The Kier molecular flexibility index (Phi) is 3.54. The van der Waals surface area contributed by atoms with Gasteiger partial charge in [0.2, 0.25) is 0 Å². The van der Waals surface area contributed by atoms with Crippen LogP contribution in [0.15, 0.2) is 39.9 Å². The van der Waals surface area contributed by atoms with Crippen LogP contribution >= 0.6 is 0 Å². The molecule has 0 radical (unpaired) electrons. The molecule has 2 aromatic heterocycles. The number of para-hydroxylation sites is 1. The molecule has 8 nitrogen and oxygen atoms in total. The van der Waals surface area contributed by atoms with Crippen LogP contribution in [0.5, 0.6) is 0 Å². The van der Waals surface area contributed by atoms with Crippen LogP contribution in [0.2, 0.25) is 0 Å². The van der Waals surface area contributed by atoms with Crippen molar-refractivity contribution in [3.8, 4) is 0 Å². The first kappa shape index (κ1) is 15.2. The van der Waals surface area contributed by atoms with Gasteiger partial charge < -0.3 is 9.15 Å². The molecule has 1 aliphatic rings. The van der Waals surface area contributed by atoms with Crippen LogP contribution in [0, 0.1) is 6.92 Å². The molecule has 1 atom stereocenters. The lowest BCUT2D eigenvalue weighted by atomic mass is 10.3. The smallest absolute Gasteiger partial charge is 0.265 e. The van der Waals surface area contributed by atoms with E-state index in [4.69, 9.17) is 9.15 Å². The van der Waals surface area contributed by atoms with Gasteiger partial charge in [-0.25, -0.2) is 13.4 Å². The number of sulfonamides is 1. The quantitative estimate of drug-likeness (QED) is 0.775. The number of hydrogen-bond donors (Lipinski definition) is 1. The van der Waals surface area contributed by atoms with Crippen molar-refractivity contribution in [1.29, 1.82) is 0 Å². The molecule has 1 fully saturated rings. The number of benzene rings is 1. The molecule has 3 aromatic rings. The molecule has 0 saturated carbocycles. The van der Waals surface area contributed by atoms with Crippen LogP contribution in [-0.2, 0) is 14.8 Å². The summed E-state index contributed by atoms with van der Waals surface area (Å²) in [5, 5.41) is 4.16. The number of aryl methyl sites for hydroxylation is 1. The Hall–Kier alpha value is -2.39. The van der Waals surface area contributed by atoms with Crippen molar-refractivity contribution in [2.75, 3.05) is 17.9 Å². The Bertz CT molecular complexity index is 986. The van der Waals surface area contributed by atoms with Gasteiger partial charge in [0.05, 0.1) is 24.5 Å². The maximum absolute atomic E-state index is 12.6. The number of aromatic nitrogens is 3. The number of anilines is 1. The lowest BCUT2D eigenvalue weighted by Gasteiger charge is -2.08. The number of nitrogens with one attached hydrogen (secondary N) is 1. The van der Waals surface area contributed by atoms with E-state index in [9.17, 15) is 8.42 Å². The first-order valence-electron chi connectivity index (χ1n) is 7.54. The van der Waals surface area contributed by atoms with E-state index in [-0.39, 0.29) is 10.9 Å². The Morgan fingerprint density at radius 1 is 1.38 bits per heavy atom. The van der Waals surface area contributed by atoms with Crippen LogP contribution < -0.4 is 4.72 Å². The molecular weight excluding hydrogens is 332 g/mol. The van der Waals surface area contributed by atoms with E-state index >= 15 is 0 Å². The Balaban J connectivity index is 1.65. The predicted molar refractivity (Wildman–Crippen MR) is 86.3 cm³/mol. The second-order valence-electron chi connectivity index (χ2n) is 5.66. The first-order chi connectivity index (χ1) is 11.5. The van der Waals surface area contributed by atoms with Gasteiger partial charge in [-0.1, -0.05) is 6.07 Å². The largest absolute Gasteiger partial charge is 0.441 e. The third-order valence-corrected chi connectivity index (χ3v) is 5.26. The lowest BCUT2D eigenvalue weighted by Crippen LogP contribution is -2.13. The zero-order valence-corrected chi connectivity index (χ0v) is 13.8. The molecule has 126 valence electrons. The fourth-order valence-corrected chi connectivity index (χ4v) is 3.74. The van der Waals surface area contributed by atoms with E-state index in [1.54, 1.807) is 29.8 Å². The summed E-state index contributed by atoms with van der Waals surface area (Å²) in [6.45, 7) is 2.93. The Morgan fingerprint density at radius 2 is 2.25 bits per heavy atom. The average Bonchev–Trinajstić information content (AvgIpc) is 3.26. The number of fused-ring (bicyclic) bond motifs is 1. The molecule has 1 aliphatic heterocycles. The fourth-order valence-electron chi connectivity index (χ4n) is 2.74. The van der Waals surface area contributed by atoms with E-state index in [1.165, 1.54) is 12.4 Å². The minimum Gasteiger partial charge on any atom is -0.441 e. The van der Waals surface area contributed by atoms with E-state index in [0.29, 0.717) is 35.9 Å². The zero-order valence-electron chi connectivity index (χ0n) is 13.0. The highest BCUT2D eigenvalue weighted by Crippen LogP contribution is 2.26. The number of hydrogen-bond acceptors (Lipinski definition) is 6. The highest BCUT2D eigenvalue weighted by Gasteiger charge is 2.23. The molecule has 1 saturated heterocycles. The van der Waals surface area contributed by atoms with Gasteiger partial charge in [-0.3, -0.25) is 9.40 Å². The second-order valence-corrected chi connectivity index (χ2v) is 7.35. The van der Waals surface area contributed by atoms with E-state index in [0.717, 1.165) is 6.42 Å². The third kappa shape index (κ3) is 2.65. The summed E-state index contributed by atoms with van der Waals surface area (Å²) >= 11 is 0. The van der Waals surface area contributed by atoms with Crippen LogP contribution in [-0.4, -0.2) is 36.4 Å². The van der Waals surface area contributed by atoms with Gasteiger partial charge in [0.25, 0.3) is 10.0 Å². The van der Waals surface area contributed by atoms with E-state index in [1.807, 2.05) is 0 Å². The van der Waals surface area contributed by atoms with Gasteiger partial charge in [-0.05, 0) is 18.6 Å². The summed E-state index contributed by atoms with van der Waals surface area (Å²) in [5.41, 5.74) is 1.39. The summed E-state index contributed by atoms with van der Waals surface area (Å²) in [6, 6.07) is 5.18. The summed E-state index contributed by atoms with van der Waals surface area (Å²) in [7, 11) is -3.76. The average molecular weight is 348 g/mol. The van der Waals surface area contributed by atoms with Gasteiger partial charge in [0, 0.05) is 19.7 Å².